The minimum Gasteiger partial charge on any atom is -0.379 e. The van der Waals surface area contributed by atoms with Crippen molar-refractivity contribution in [1.82, 2.24) is 4.90 Å². The van der Waals surface area contributed by atoms with Gasteiger partial charge in [0.1, 0.15) is 0 Å². The van der Waals surface area contributed by atoms with Crippen LogP contribution in [0, 0.1) is 0 Å². The summed E-state index contributed by atoms with van der Waals surface area (Å²) in [6.07, 6.45) is 3.88. The Hall–Kier alpha value is 0.830. The molecule has 0 amide bonds. The van der Waals surface area contributed by atoms with Crippen LogP contribution in [0.3, 0.4) is 0 Å². The van der Waals surface area contributed by atoms with Crippen LogP contribution < -0.4 is 0 Å². The van der Waals surface area contributed by atoms with Crippen LogP contribution in [0.1, 0.15) is 19.3 Å². The number of hydrogen-bond donors (Lipinski definition) is 0. The standard InChI is InChI=1S/C10H19NO4S.Na/c1-16(12,13)15-10-4-2-3-9(10)11-5-7-14-8-6-11;/h9-10H,2-8H2,1H3;. The van der Waals surface area contributed by atoms with Crippen LogP contribution in [-0.4, -0.2) is 87.6 Å². The van der Waals surface area contributed by atoms with E-state index in [2.05, 4.69) is 4.90 Å². The van der Waals surface area contributed by atoms with Gasteiger partial charge in [0, 0.05) is 48.7 Å². The summed E-state index contributed by atoms with van der Waals surface area (Å²) in [6, 6.07) is 0.249. The van der Waals surface area contributed by atoms with Gasteiger partial charge in [-0.2, -0.15) is 8.42 Å². The first kappa shape index (κ1) is 15.9. The number of ether oxygens (including phenoxy) is 1. The van der Waals surface area contributed by atoms with Crippen LogP contribution in [-0.2, 0) is 19.0 Å². The van der Waals surface area contributed by atoms with Gasteiger partial charge in [0.15, 0.2) is 0 Å². The first-order valence-electron chi connectivity index (χ1n) is 5.76. The van der Waals surface area contributed by atoms with E-state index in [0.29, 0.717) is 0 Å². The molecule has 1 saturated heterocycles. The van der Waals surface area contributed by atoms with Gasteiger partial charge < -0.3 is 4.74 Å². The number of nitrogens with zero attached hydrogens (tertiary/aromatic N) is 1. The third kappa shape index (κ3) is 4.78. The van der Waals surface area contributed by atoms with Gasteiger partial charge in [-0.3, -0.25) is 9.08 Å². The molecule has 2 fully saturated rings. The molecule has 17 heavy (non-hydrogen) atoms. The van der Waals surface area contributed by atoms with Crippen LogP contribution in [0.15, 0.2) is 0 Å². The van der Waals surface area contributed by atoms with Crippen LogP contribution in [0.5, 0.6) is 0 Å². The molecule has 0 aromatic carbocycles. The Balaban J connectivity index is 0.00000144. The van der Waals surface area contributed by atoms with E-state index in [1.165, 1.54) is 0 Å². The van der Waals surface area contributed by atoms with Gasteiger partial charge in [-0.1, -0.05) is 0 Å². The molecular weight excluding hydrogens is 253 g/mol. The second-order valence-electron chi connectivity index (χ2n) is 4.49. The molecule has 95 valence electrons. The van der Waals surface area contributed by atoms with Gasteiger partial charge in [0.2, 0.25) is 0 Å². The summed E-state index contributed by atoms with van der Waals surface area (Å²) in [5.74, 6) is 0. The van der Waals surface area contributed by atoms with E-state index in [0.717, 1.165) is 51.8 Å². The van der Waals surface area contributed by atoms with Crippen molar-refractivity contribution in [2.75, 3.05) is 32.6 Å². The molecular formula is C10H19NNaO4S. The number of rotatable bonds is 3. The molecule has 0 spiro atoms. The van der Waals surface area contributed by atoms with E-state index >= 15 is 0 Å². The zero-order valence-electron chi connectivity index (χ0n) is 10.6. The van der Waals surface area contributed by atoms with Crippen LogP contribution in [0.4, 0.5) is 0 Å². The molecule has 0 aromatic rings. The van der Waals surface area contributed by atoms with Gasteiger partial charge in [-0.15, -0.1) is 0 Å². The van der Waals surface area contributed by atoms with E-state index in [9.17, 15) is 8.42 Å². The van der Waals surface area contributed by atoms with Crippen molar-refractivity contribution in [1.29, 1.82) is 0 Å². The molecule has 1 aliphatic heterocycles. The third-order valence-corrected chi connectivity index (χ3v) is 3.83. The second-order valence-corrected chi connectivity index (χ2v) is 6.09. The minimum absolute atomic E-state index is 0. The zero-order valence-corrected chi connectivity index (χ0v) is 13.4. The first-order chi connectivity index (χ1) is 7.56. The fourth-order valence-electron chi connectivity index (χ4n) is 2.57. The van der Waals surface area contributed by atoms with E-state index in [-0.39, 0.29) is 41.7 Å². The van der Waals surface area contributed by atoms with Gasteiger partial charge in [0.05, 0.1) is 25.6 Å². The maximum absolute atomic E-state index is 11.2. The maximum Gasteiger partial charge on any atom is 0.264 e. The van der Waals surface area contributed by atoms with Crippen molar-refractivity contribution >= 4 is 39.7 Å². The summed E-state index contributed by atoms with van der Waals surface area (Å²) >= 11 is 0. The van der Waals surface area contributed by atoms with Crippen molar-refractivity contribution in [3.8, 4) is 0 Å². The molecule has 0 N–H and O–H groups in total. The molecule has 0 aromatic heterocycles. The number of hydrogen-bond acceptors (Lipinski definition) is 5. The van der Waals surface area contributed by atoms with Crippen molar-refractivity contribution in [2.45, 2.75) is 31.4 Å². The molecule has 5 nitrogen and oxygen atoms in total. The van der Waals surface area contributed by atoms with E-state index in [1.807, 2.05) is 0 Å². The second kappa shape index (κ2) is 6.84. The molecule has 2 unspecified atom stereocenters. The smallest absolute Gasteiger partial charge is 0.264 e. The first-order valence-corrected chi connectivity index (χ1v) is 7.58. The maximum atomic E-state index is 11.2. The average Bonchev–Trinajstić information content (AvgIpc) is 2.64. The Labute approximate surface area is 125 Å². The van der Waals surface area contributed by atoms with Gasteiger partial charge in [-0.05, 0) is 19.3 Å². The Bertz CT molecular complexity index is 329. The Morgan fingerprint density at radius 3 is 2.47 bits per heavy atom. The van der Waals surface area contributed by atoms with Crippen molar-refractivity contribution in [3.05, 3.63) is 0 Å². The molecule has 2 rings (SSSR count). The van der Waals surface area contributed by atoms with Crippen molar-refractivity contribution in [2.24, 2.45) is 0 Å². The zero-order chi connectivity index (χ0) is 11.6. The summed E-state index contributed by atoms with van der Waals surface area (Å²) in [5.41, 5.74) is 0. The molecule has 7 heteroatoms. The summed E-state index contributed by atoms with van der Waals surface area (Å²) in [4.78, 5) is 2.30. The third-order valence-electron chi connectivity index (χ3n) is 3.23. The molecule has 1 aliphatic carbocycles. The minimum atomic E-state index is -3.34. The topological polar surface area (TPSA) is 55.8 Å². The average molecular weight is 272 g/mol. The summed E-state index contributed by atoms with van der Waals surface area (Å²) in [5, 5.41) is 0. The fourth-order valence-corrected chi connectivity index (χ4v) is 3.24. The van der Waals surface area contributed by atoms with Crippen LogP contribution in [0.2, 0.25) is 0 Å². The molecule has 1 radical (unpaired) electrons. The molecule has 0 bridgehead atoms. The number of morpholine rings is 1. The predicted octanol–water partition coefficient (Wildman–Crippen LogP) is -0.165. The van der Waals surface area contributed by atoms with E-state index in [4.69, 9.17) is 8.92 Å². The molecule has 1 heterocycles. The van der Waals surface area contributed by atoms with Crippen molar-refractivity contribution in [3.63, 3.8) is 0 Å². The summed E-state index contributed by atoms with van der Waals surface area (Å²) in [6.45, 7) is 3.24. The normalized spacial score (nSPS) is 31.1. The quantitative estimate of drug-likeness (QED) is 0.527. The monoisotopic (exact) mass is 272 g/mol. The molecule has 2 aliphatic rings. The predicted molar refractivity (Wildman–Crippen MR) is 65.5 cm³/mol. The largest absolute Gasteiger partial charge is 0.379 e. The van der Waals surface area contributed by atoms with Crippen LogP contribution in [0.25, 0.3) is 0 Å². The SMILES string of the molecule is CS(=O)(=O)OC1CCCC1N1CCOCC1.[Na]. The Morgan fingerprint density at radius 2 is 1.88 bits per heavy atom. The molecule has 1 saturated carbocycles. The van der Waals surface area contributed by atoms with Gasteiger partial charge in [-0.25, -0.2) is 0 Å². The summed E-state index contributed by atoms with van der Waals surface area (Å²) < 4.78 is 32.7. The van der Waals surface area contributed by atoms with Crippen LogP contribution >= 0.6 is 0 Å². The van der Waals surface area contributed by atoms with Crippen molar-refractivity contribution < 1.29 is 17.3 Å². The van der Waals surface area contributed by atoms with Gasteiger partial charge in [0.25, 0.3) is 10.1 Å². The van der Waals surface area contributed by atoms with E-state index in [1.54, 1.807) is 0 Å². The summed E-state index contributed by atoms with van der Waals surface area (Å²) in [7, 11) is -3.34. The van der Waals surface area contributed by atoms with E-state index < -0.39 is 10.1 Å². The van der Waals surface area contributed by atoms with Gasteiger partial charge >= 0.3 is 0 Å². The Kier molecular flexibility index (Phi) is 6.39. The Morgan fingerprint density at radius 1 is 1.24 bits per heavy atom. The molecule has 2 atom stereocenters. The fraction of sp³-hybridized carbons (Fsp3) is 1.00.